The number of carbonyl (C=O) groups excluding carboxylic acids is 1. The lowest BCUT2D eigenvalue weighted by Crippen LogP contribution is -2.52. The summed E-state index contributed by atoms with van der Waals surface area (Å²) in [6.07, 6.45) is 5.42. The van der Waals surface area contributed by atoms with Crippen molar-refractivity contribution in [2.75, 3.05) is 33.9 Å². The molecule has 0 aromatic carbocycles. The molecular weight excluding hydrogens is 256 g/mol. The smallest absolute Gasteiger partial charge is 0.326 e. The number of esters is 1. The van der Waals surface area contributed by atoms with Crippen molar-refractivity contribution in [2.24, 2.45) is 0 Å². The molecule has 1 heterocycles. The van der Waals surface area contributed by atoms with E-state index in [4.69, 9.17) is 9.47 Å². The van der Waals surface area contributed by atoms with Gasteiger partial charge < -0.3 is 19.7 Å². The van der Waals surface area contributed by atoms with E-state index < -0.39 is 5.54 Å². The molecule has 2 aliphatic rings. The quantitative estimate of drug-likeness (QED) is 0.742. The van der Waals surface area contributed by atoms with Crippen LogP contribution in [0.2, 0.25) is 0 Å². The summed E-state index contributed by atoms with van der Waals surface area (Å²) >= 11 is 0. The molecule has 2 fully saturated rings. The van der Waals surface area contributed by atoms with Crippen LogP contribution in [-0.2, 0) is 14.3 Å². The van der Waals surface area contributed by atoms with E-state index >= 15 is 0 Å². The molecule has 2 rings (SSSR count). The highest BCUT2D eigenvalue weighted by atomic mass is 16.5. The van der Waals surface area contributed by atoms with Gasteiger partial charge in [-0.15, -0.1) is 0 Å². The molecule has 1 saturated carbocycles. The molecule has 0 bridgehead atoms. The number of likely N-dealkylation sites (N-methyl/N-ethyl adjacent to an activating group) is 2. The van der Waals surface area contributed by atoms with Crippen LogP contribution in [0, 0.1) is 0 Å². The predicted octanol–water partition coefficient (Wildman–Crippen LogP) is 1.17. The minimum atomic E-state index is -0.487. The van der Waals surface area contributed by atoms with Crippen molar-refractivity contribution in [1.82, 2.24) is 10.2 Å². The largest absolute Gasteiger partial charge is 0.468 e. The SMILES string of the molecule is CCNC1(C(=O)OC)CCC(N(C)CC2CCCO2)C1. The first-order valence-corrected chi connectivity index (χ1v) is 7.76. The Balaban J connectivity index is 1.92. The van der Waals surface area contributed by atoms with Crippen molar-refractivity contribution in [3.63, 3.8) is 0 Å². The Morgan fingerprint density at radius 3 is 2.90 bits per heavy atom. The third-order valence-corrected chi connectivity index (χ3v) is 4.72. The van der Waals surface area contributed by atoms with Gasteiger partial charge in [-0.25, -0.2) is 0 Å². The van der Waals surface area contributed by atoms with E-state index in [2.05, 4.69) is 17.3 Å². The molecule has 5 heteroatoms. The molecule has 0 aromatic heterocycles. The average Bonchev–Trinajstić information content (AvgIpc) is 3.08. The highest BCUT2D eigenvalue weighted by molar-refractivity contribution is 5.81. The highest BCUT2D eigenvalue weighted by Gasteiger charge is 2.46. The van der Waals surface area contributed by atoms with E-state index in [0.29, 0.717) is 12.1 Å². The first kappa shape index (κ1) is 15.7. The number of hydrogen-bond acceptors (Lipinski definition) is 5. The summed E-state index contributed by atoms with van der Waals surface area (Å²) in [6, 6.07) is 0.428. The minimum Gasteiger partial charge on any atom is -0.468 e. The lowest BCUT2D eigenvalue weighted by atomic mass is 9.97. The number of carbonyl (C=O) groups is 1. The minimum absolute atomic E-state index is 0.118. The van der Waals surface area contributed by atoms with Gasteiger partial charge in [0.25, 0.3) is 0 Å². The number of rotatable bonds is 6. The van der Waals surface area contributed by atoms with Crippen LogP contribution in [0.25, 0.3) is 0 Å². The number of ether oxygens (including phenoxy) is 2. The van der Waals surface area contributed by atoms with Gasteiger partial charge in [-0.1, -0.05) is 6.92 Å². The summed E-state index contributed by atoms with van der Waals surface area (Å²) in [6.45, 7) is 4.69. The van der Waals surface area contributed by atoms with Crippen LogP contribution in [0.4, 0.5) is 0 Å². The number of methoxy groups -OCH3 is 1. The first-order chi connectivity index (χ1) is 9.61. The fraction of sp³-hybridized carbons (Fsp3) is 0.933. The summed E-state index contributed by atoms with van der Waals surface area (Å²) in [5.74, 6) is -0.118. The molecule has 20 heavy (non-hydrogen) atoms. The second kappa shape index (κ2) is 6.87. The van der Waals surface area contributed by atoms with Crippen molar-refractivity contribution >= 4 is 5.97 Å². The lowest BCUT2D eigenvalue weighted by molar-refractivity contribution is -0.148. The summed E-state index contributed by atoms with van der Waals surface area (Å²) in [7, 11) is 3.62. The molecule has 1 N–H and O–H groups in total. The highest BCUT2D eigenvalue weighted by Crippen LogP contribution is 2.34. The van der Waals surface area contributed by atoms with E-state index in [0.717, 1.165) is 45.4 Å². The molecule has 0 amide bonds. The van der Waals surface area contributed by atoms with Crippen LogP contribution in [-0.4, -0.2) is 62.4 Å². The van der Waals surface area contributed by atoms with E-state index in [1.807, 2.05) is 6.92 Å². The second-order valence-corrected chi connectivity index (χ2v) is 6.08. The monoisotopic (exact) mass is 284 g/mol. The molecule has 1 saturated heterocycles. The molecule has 0 aromatic rings. The van der Waals surface area contributed by atoms with Gasteiger partial charge in [0.05, 0.1) is 13.2 Å². The Hall–Kier alpha value is -0.650. The maximum atomic E-state index is 12.1. The van der Waals surface area contributed by atoms with Crippen molar-refractivity contribution in [1.29, 1.82) is 0 Å². The molecule has 3 atom stereocenters. The Morgan fingerprint density at radius 1 is 1.50 bits per heavy atom. The molecule has 5 nitrogen and oxygen atoms in total. The van der Waals surface area contributed by atoms with Gasteiger partial charge in [0.1, 0.15) is 5.54 Å². The van der Waals surface area contributed by atoms with Crippen LogP contribution < -0.4 is 5.32 Å². The third-order valence-electron chi connectivity index (χ3n) is 4.72. The summed E-state index contributed by atoms with van der Waals surface area (Å²) in [5.41, 5.74) is -0.487. The summed E-state index contributed by atoms with van der Waals surface area (Å²) in [4.78, 5) is 14.5. The zero-order valence-electron chi connectivity index (χ0n) is 13.0. The molecule has 3 unspecified atom stereocenters. The van der Waals surface area contributed by atoms with Crippen LogP contribution in [0.3, 0.4) is 0 Å². The van der Waals surface area contributed by atoms with Gasteiger partial charge in [-0.3, -0.25) is 4.79 Å². The molecule has 116 valence electrons. The van der Waals surface area contributed by atoms with Gasteiger partial charge in [0.15, 0.2) is 0 Å². The van der Waals surface area contributed by atoms with Crippen LogP contribution in [0.1, 0.15) is 39.0 Å². The molecule has 0 radical (unpaired) electrons. The molecule has 0 spiro atoms. The number of nitrogens with zero attached hydrogens (tertiary/aromatic N) is 1. The maximum Gasteiger partial charge on any atom is 0.326 e. The first-order valence-electron chi connectivity index (χ1n) is 7.76. The topological polar surface area (TPSA) is 50.8 Å². The zero-order valence-corrected chi connectivity index (χ0v) is 13.0. The summed E-state index contributed by atoms with van der Waals surface area (Å²) < 4.78 is 10.7. The fourth-order valence-electron chi connectivity index (χ4n) is 3.61. The third kappa shape index (κ3) is 3.32. The van der Waals surface area contributed by atoms with Crippen molar-refractivity contribution in [3.8, 4) is 0 Å². The van der Waals surface area contributed by atoms with E-state index in [1.54, 1.807) is 0 Å². The Kier molecular flexibility index (Phi) is 5.41. The lowest BCUT2D eigenvalue weighted by Gasteiger charge is -2.30. The average molecular weight is 284 g/mol. The van der Waals surface area contributed by atoms with Gasteiger partial charge in [0.2, 0.25) is 0 Å². The fourth-order valence-corrected chi connectivity index (χ4v) is 3.61. The van der Waals surface area contributed by atoms with Gasteiger partial charge in [0, 0.05) is 19.2 Å². The predicted molar refractivity (Wildman–Crippen MR) is 77.7 cm³/mol. The zero-order chi connectivity index (χ0) is 14.6. The molecule has 1 aliphatic carbocycles. The van der Waals surface area contributed by atoms with Crippen LogP contribution in [0.5, 0.6) is 0 Å². The van der Waals surface area contributed by atoms with Gasteiger partial charge in [-0.05, 0) is 45.7 Å². The van der Waals surface area contributed by atoms with Crippen molar-refractivity contribution < 1.29 is 14.3 Å². The Bertz CT molecular complexity index is 331. The van der Waals surface area contributed by atoms with E-state index in [1.165, 1.54) is 13.5 Å². The molecule has 1 aliphatic heterocycles. The van der Waals surface area contributed by atoms with Crippen LogP contribution in [0.15, 0.2) is 0 Å². The number of hydrogen-bond donors (Lipinski definition) is 1. The number of nitrogens with one attached hydrogen (secondary N) is 1. The van der Waals surface area contributed by atoms with Crippen molar-refractivity contribution in [2.45, 2.75) is 56.7 Å². The normalized spacial score (nSPS) is 33.8. The summed E-state index contributed by atoms with van der Waals surface area (Å²) in [5, 5.41) is 3.35. The molecular formula is C15H28N2O3. The van der Waals surface area contributed by atoms with Crippen molar-refractivity contribution in [3.05, 3.63) is 0 Å². The van der Waals surface area contributed by atoms with E-state index in [9.17, 15) is 4.79 Å². The Labute approximate surface area is 122 Å². The standard InChI is InChI=1S/C15H28N2O3/c1-4-16-15(14(18)19-3)8-7-12(10-15)17(2)11-13-6-5-9-20-13/h12-13,16H,4-11H2,1-3H3. The second-order valence-electron chi connectivity index (χ2n) is 6.08. The van der Waals surface area contributed by atoms with Gasteiger partial charge in [-0.2, -0.15) is 0 Å². The van der Waals surface area contributed by atoms with Gasteiger partial charge >= 0.3 is 5.97 Å². The Morgan fingerprint density at radius 2 is 2.30 bits per heavy atom. The maximum absolute atomic E-state index is 12.1. The van der Waals surface area contributed by atoms with E-state index in [-0.39, 0.29) is 5.97 Å². The van der Waals surface area contributed by atoms with Crippen LogP contribution >= 0.6 is 0 Å².